The number of rotatable bonds is 3. The fraction of sp³-hybridized carbons (Fsp3) is 0.533. The number of hydrogen-bond donors (Lipinski definition) is 1. The van der Waals surface area contributed by atoms with Crippen LogP contribution < -0.4 is 5.73 Å². The first-order valence-electron chi connectivity index (χ1n) is 6.77. The summed E-state index contributed by atoms with van der Waals surface area (Å²) in [6.45, 7) is 4.97. The van der Waals surface area contributed by atoms with Crippen LogP contribution in [0.2, 0.25) is 0 Å². The van der Waals surface area contributed by atoms with Crippen LogP contribution in [-0.2, 0) is 0 Å². The molecule has 0 bridgehead atoms. The molecule has 0 aliphatic carbocycles. The molecular weight excluding hydrogens is 238 g/mol. The van der Waals surface area contributed by atoms with Crippen molar-refractivity contribution in [2.24, 2.45) is 5.92 Å². The highest BCUT2D eigenvalue weighted by Gasteiger charge is 2.23. The van der Waals surface area contributed by atoms with Crippen LogP contribution in [0, 0.1) is 12.8 Å². The molecule has 1 aliphatic rings. The molecule has 1 saturated heterocycles. The number of nitrogens with two attached hydrogens (primary N) is 1. The molecule has 104 valence electrons. The monoisotopic (exact) mass is 261 g/mol. The second kappa shape index (κ2) is 5.61. The lowest BCUT2D eigenvalue weighted by atomic mass is 10.0. The number of nitrogens with zero attached hydrogens (tertiary/aromatic N) is 2. The van der Waals surface area contributed by atoms with Gasteiger partial charge in [0.1, 0.15) is 0 Å². The molecule has 2 rings (SSSR count). The van der Waals surface area contributed by atoms with E-state index in [4.69, 9.17) is 5.73 Å². The van der Waals surface area contributed by atoms with Crippen LogP contribution in [0.3, 0.4) is 0 Å². The van der Waals surface area contributed by atoms with E-state index in [2.05, 4.69) is 11.9 Å². The molecule has 1 amide bonds. The molecule has 1 aromatic rings. The fourth-order valence-corrected chi connectivity index (χ4v) is 2.72. The maximum absolute atomic E-state index is 12.4. The van der Waals surface area contributed by atoms with E-state index in [0.717, 1.165) is 25.2 Å². The predicted octanol–water partition coefficient (Wildman–Crippen LogP) is 1.60. The van der Waals surface area contributed by atoms with Gasteiger partial charge in [0.05, 0.1) is 0 Å². The Morgan fingerprint density at radius 3 is 2.89 bits per heavy atom. The minimum Gasteiger partial charge on any atom is -0.399 e. The van der Waals surface area contributed by atoms with Gasteiger partial charge in [-0.1, -0.05) is 6.07 Å². The Bertz CT molecular complexity index is 472. The van der Waals surface area contributed by atoms with Crippen LogP contribution in [-0.4, -0.2) is 49.4 Å². The third-order valence-electron chi connectivity index (χ3n) is 3.86. The highest BCUT2D eigenvalue weighted by molar-refractivity contribution is 5.96. The Morgan fingerprint density at radius 1 is 1.53 bits per heavy atom. The Hall–Kier alpha value is -1.55. The molecule has 0 spiro atoms. The van der Waals surface area contributed by atoms with Crippen LogP contribution in [0.25, 0.3) is 0 Å². The van der Waals surface area contributed by atoms with Crippen molar-refractivity contribution in [2.75, 3.05) is 39.5 Å². The van der Waals surface area contributed by atoms with E-state index in [9.17, 15) is 4.79 Å². The zero-order chi connectivity index (χ0) is 14.0. The Balaban J connectivity index is 2.04. The highest BCUT2D eigenvalue weighted by Crippen LogP contribution is 2.18. The minimum atomic E-state index is 0.0688. The molecule has 1 heterocycles. The van der Waals surface area contributed by atoms with Crippen LogP contribution in [0.15, 0.2) is 18.2 Å². The number of benzene rings is 1. The van der Waals surface area contributed by atoms with Gasteiger partial charge in [0, 0.05) is 31.4 Å². The number of carbonyl (C=O) groups is 1. The molecule has 2 N–H and O–H groups in total. The lowest BCUT2D eigenvalue weighted by Crippen LogP contribution is -2.33. The summed E-state index contributed by atoms with van der Waals surface area (Å²) in [5, 5.41) is 0. The summed E-state index contributed by atoms with van der Waals surface area (Å²) in [5.41, 5.74) is 8.11. The van der Waals surface area contributed by atoms with Crippen molar-refractivity contribution in [1.29, 1.82) is 0 Å². The van der Waals surface area contributed by atoms with Gasteiger partial charge in [-0.2, -0.15) is 0 Å². The Morgan fingerprint density at radius 2 is 2.26 bits per heavy atom. The number of aryl methyl sites for hydroxylation is 1. The molecule has 0 saturated carbocycles. The van der Waals surface area contributed by atoms with Crippen LogP contribution in [0.5, 0.6) is 0 Å². The number of carbonyl (C=O) groups excluding carboxylic acids is 1. The topological polar surface area (TPSA) is 49.6 Å². The molecular formula is C15H23N3O. The highest BCUT2D eigenvalue weighted by atomic mass is 16.2. The Labute approximate surface area is 115 Å². The van der Waals surface area contributed by atoms with Gasteiger partial charge in [-0.15, -0.1) is 0 Å². The largest absolute Gasteiger partial charge is 0.399 e. The van der Waals surface area contributed by atoms with E-state index < -0.39 is 0 Å². The Kier molecular flexibility index (Phi) is 4.10. The zero-order valence-electron chi connectivity index (χ0n) is 12.0. The molecule has 1 unspecified atom stereocenters. The molecule has 0 radical (unpaired) electrons. The van der Waals surface area contributed by atoms with Gasteiger partial charge in [0.25, 0.3) is 5.91 Å². The van der Waals surface area contributed by atoms with Gasteiger partial charge in [0.15, 0.2) is 0 Å². The van der Waals surface area contributed by atoms with Gasteiger partial charge in [0.2, 0.25) is 0 Å². The van der Waals surface area contributed by atoms with E-state index in [0.29, 0.717) is 17.2 Å². The van der Waals surface area contributed by atoms with Crippen molar-refractivity contribution < 1.29 is 4.79 Å². The van der Waals surface area contributed by atoms with Crippen molar-refractivity contribution in [1.82, 2.24) is 9.80 Å². The molecule has 1 aromatic carbocycles. The first kappa shape index (κ1) is 13.9. The third kappa shape index (κ3) is 3.26. The summed E-state index contributed by atoms with van der Waals surface area (Å²) >= 11 is 0. The van der Waals surface area contributed by atoms with E-state index in [1.54, 1.807) is 6.07 Å². The first-order chi connectivity index (χ1) is 8.97. The van der Waals surface area contributed by atoms with Crippen LogP contribution >= 0.6 is 0 Å². The lowest BCUT2D eigenvalue weighted by Gasteiger charge is -2.22. The standard InChI is InChI=1S/C15H23N3O/c1-11-4-5-13(16)8-14(11)15(19)18(3)10-12-6-7-17(2)9-12/h4-5,8,12H,6-7,9-10,16H2,1-3H3. The summed E-state index contributed by atoms with van der Waals surface area (Å²) in [5.74, 6) is 0.652. The smallest absolute Gasteiger partial charge is 0.253 e. The van der Waals surface area contributed by atoms with Crippen molar-refractivity contribution in [3.8, 4) is 0 Å². The SMILES string of the molecule is Cc1ccc(N)cc1C(=O)N(C)CC1CCN(C)C1. The molecule has 4 nitrogen and oxygen atoms in total. The number of nitrogen functional groups attached to an aromatic ring is 1. The number of anilines is 1. The van der Waals surface area contributed by atoms with Gasteiger partial charge in [-0.3, -0.25) is 4.79 Å². The van der Waals surface area contributed by atoms with Gasteiger partial charge in [-0.05, 0) is 50.6 Å². The van der Waals surface area contributed by atoms with Crippen molar-refractivity contribution in [2.45, 2.75) is 13.3 Å². The molecule has 4 heteroatoms. The fourth-order valence-electron chi connectivity index (χ4n) is 2.72. The first-order valence-corrected chi connectivity index (χ1v) is 6.77. The average molecular weight is 261 g/mol. The van der Waals surface area contributed by atoms with Crippen molar-refractivity contribution >= 4 is 11.6 Å². The van der Waals surface area contributed by atoms with Crippen molar-refractivity contribution in [3.05, 3.63) is 29.3 Å². The maximum atomic E-state index is 12.4. The molecule has 19 heavy (non-hydrogen) atoms. The summed E-state index contributed by atoms with van der Waals surface area (Å²) in [7, 11) is 4.01. The van der Waals surface area contributed by atoms with Crippen molar-refractivity contribution in [3.63, 3.8) is 0 Å². The van der Waals surface area contributed by atoms with E-state index in [1.165, 1.54) is 6.42 Å². The zero-order valence-corrected chi connectivity index (χ0v) is 12.0. The normalized spacial score (nSPS) is 19.6. The number of amides is 1. The average Bonchev–Trinajstić information content (AvgIpc) is 2.77. The third-order valence-corrected chi connectivity index (χ3v) is 3.86. The van der Waals surface area contributed by atoms with Gasteiger partial charge >= 0.3 is 0 Å². The molecule has 1 atom stereocenters. The van der Waals surface area contributed by atoms with Crippen LogP contribution in [0.4, 0.5) is 5.69 Å². The predicted molar refractivity (Wildman–Crippen MR) is 78.2 cm³/mol. The van der Waals surface area contributed by atoms with E-state index in [1.807, 2.05) is 31.0 Å². The summed E-state index contributed by atoms with van der Waals surface area (Å²) in [4.78, 5) is 16.6. The maximum Gasteiger partial charge on any atom is 0.253 e. The summed E-state index contributed by atoms with van der Waals surface area (Å²) < 4.78 is 0. The second-order valence-electron chi connectivity index (χ2n) is 5.68. The second-order valence-corrected chi connectivity index (χ2v) is 5.68. The minimum absolute atomic E-state index is 0.0688. The van der Waals surface area contributed by atoms with Gasteiger partial charge in [-0.25, -0.2) is 0 Å². The van der Waals surface area contributed by atoms with Crippen LogP contribution in [0.1, 0.15) is 22.3 Å². The summed E-state index contributed by atoms with van der Waals surface area (Å²) in [6.07, 6.45) is 1.17. The van der Waals surface area contributed by atoms with E-state index >= 15 is 0 Å². The van der Waals surface area contributed by atoms with E-state index in [-0.39, 0.29) is 5.91 Å². The molecule has 1 fully saturated rings. The molecule has 0 aromatic heterocycles. The lowest BCUT2D eigenvalue weighted by molar-refractivity contribution is 0.0773. The number of likely N-dealkylation sites (tertiary alicyclic amines) is 1. The molecule has 1 aliphatic heterocycles. The summed E-state index contributed by atoms with van der Waals surface area (Å²) in [6, 6.07) is 5.51. The quantitative estimate of drug-likeness (QED) is 0.841. The number of hydrogen-bond acceptors (Lipinski definition) is 3. The van der Waals surface area contributed by atoms with Gasteiger partial charge < -0.3 is 15.5 Å².